The van der Waals surface area contributed by atoms with Gasteiger partial charge < -0.3 is 14.5 Å². The molecule has 0 unspecified atom stereocenters. The molecule has 0 saturated heterocycles. The molecule has 0 saturated carbocycles. The molecule has 0 atom stereocenters. The highest BCUT2D eigenvalue weighted by atomic mass is 16.5. The molecule has 1 rings (SSSR count). The Morgan fingerprint density at radius 2 is 2.29 bits per heavy atom. The van der Waals surface area contributed by atoms with Gasteiger partial charge in [-0.25, -0.2) is 4.79 Å². The van der Waals surface area contributed by atoms with Crippen molar-refractivity contribution in [1.29, 1.82) is 0 Å². The molecule has 0 aliphatic heterocycles. The lowest BCUT2D eigenvalue weighted by molar-refractivity contribution is 0.309. The van der Waals surface area contributed by atoms with Crippen LogP contribution in [0.3, 0.4) is 0 Å². The van der Waals surface area contributed by atoms with E-state index in [2.05, 4.69) is 5.32 Å². The second-order valence-corrected chi connectivity index (χ2v) is 2.92. The van der Waals surface area contributed by atoms with Gasteiger partial charge in [0.05, 0.1) is 6.07 Å². The van der Waals surface area contributed by atoms with Crippen LogP contribution in [0.25, 0.3) is 0 Å². The largest absolute Gasteiger partial charge is 0.492 e. The van der Waals surface area contributed by atoms with Gasteiger partial charge in [-0.2, -0.15) is 0 Å². The molecule has 1 aromatic heterocycles. The predicted molar refractivity (Wildman–Crippen MR) is 53.8 cm³/mol. The van der Waals surface area contributed by atoms with E-state index in [1.807, 2.05) is 6.92 Å². The SMILES string of the molecule is CCNCCOc1cc(C)oc(=O)c1. The molecular weight excluding hydrogens is 182 g/mol. The van der Waals surface area contributed by atoms with Crippen molar-refractivity contribution in [3.8, 4) is 5.75 Å². The Hall–Kier alpha value is -1.29. The summed E-state index contributed by atoms with van der Waals surface area (Å²) in [7, 11) is 0. The quantitative estimate of drug-likeness (QED) is 0.714. The van der Waals surface area contributed by atoms with Crippen molar-refractivity contribution in [2.75, 3.05) is 19.7 Å². The molecule has 0 spiro atoms. The molecule has 1 heterocycles. The maximum atomic E-state index is 10.9. The molecule has 4 nitrogen and oxygen atoms in total. The van der Waals surface area contributed by atoms with Gasteiger partial charge in [-0.15, -0.1) is 0 Å². The zero-order chi connectivity index (χ0) is 10.4. The Bertz CT molecular complexity index is 332. The minimum atomic E-state index is -0.372. The van der Waals surface area contributed by atoms with Crippen LogP contribution in [-0.2, 0) is 0 Å². The summed E-state index contributed by atoms with van der Waals surface area (Å²) in [6.45, 7) is 5.99. The summed E-state index contributed by atoms with van der Waals surface area (Å²) < 4.78 is 10.1. The fourth-order valence-electron chi connectivity index (χ4n) is 1.08. The van der Waals surface area contributed by atoms with Crippen molar-refractivity contribution in [3.63, 3.8) is 0 Å². The third kappa shape index (κ3) is 3.62. The first-order valence-corrected chi connectivity index (χ1v) is 4.67. The van der Waals surface area contributed by atoms with Crippen LogP contribution >= 0.6 is 0 Å². The monoisotopic (exact) mass is 197 g/mol. The standard InChI is InChI=1S/C10H15NO3/c1-3-11-4-5-13-9-6-8(2)14-10(12)7-9/h6-7,11H,3-5H2,1-2H3. The van der Waals surface area contributed by atoms with Crippen molar-refractivity contribution in [2.24, 2.45) is 0 Å². The number of hydrogen-bond donors (Lipinski definition) is 1. The Morgan fingerprint density at radius 3 is 2.93 bits per heavy atom. The Balaban J connectivity index is 2.46. The van der Waals surface area contributed by atoms with Crippen molar-refractivity contribution in [2.45, 2.75) is 13.8 Å². The summed E-state index contributed by atoms with van der Waals surface area (Å²) in [5.41, 5.74) is -0.372. The summed E-state index contributed by atoms with van der Waals surface area (Å²) >= 11 is 0. The number of nitrogens with one attached hydrogen (secondary N) is 1. The minimum absolute atomic E-state index is 0.372. The number of aryl methyl sites for hydroxylation is 1. The Kier molecular flexibility index (Phi) is 4.19. The molecule has 1 aromatic rings. The highest BCUT2D eigenvalue weighted by Gasteiger charge is 1.98. The van der Waals surface area contributed by atoms with Gasteiger partial charge in [0.2, 0.25) is 0 Å². The number of likely N-dealkylation sites (N-methyl/N-ethyl adjacent to an activating group) is 1. The van der Waals surface area contributed by atoms with Crippen molar-refractivity contribution in [3.05, 3.63) is 28.3 Å². The van der Waals surface area contributed by atoms with Crippen LogP contribution in [0.15, 0.2) is 21.3 Å². The van der Waals surface area contributed by atoms with Gasteiger partial charge in [0, 0.05) is 12.6 Å². The zero-order valence-electron chi connectivity index (χ0n) is 8.50. The second kappa shape index (κ2) is 5.44. The van der Waals surface area contributed by atoms with Gasteiger partial charge in [-0.3, -0.25) is 0 Å². The van der Waals surface area contributed by atoms with Crippen LogP contribution in [0.4, 0.5) is 0 Å². The number of rotatable bonds is 5. The van der Waals surface area contributed by atoms with E-state index in [0.29, 0.717) is 18.1 Å². The van der Waals surface area contributed by atoms with E-state index in [1.54, 1.807) is 13.0 Å². The van der Waals surface area contributed by atoms with Gasteiger partial charge in [-0.05, 0) is 13.5 Å². The number of ether oxygens (including phenoxy) is 1. The maximum absolute atomic E-state index is 10.9. The highest BCUT2D eigenvalue weighted by Crippen LogP contribution is 2.08. The maximum Gasteiger partial charge on any atom is 0.339 e. The topological polar surface area (TPSA) is 51.5 Å². The van der Waals surface area contributed by atoms with E-state index in [4.69, 9.17) is 9.15 Å². The molecule has 0 aliphatic carbocycles. The summed E-state index contributed by atoms with van der Waals surface area (Å²) in [5.74, 6) is 1.13. The number of hydrogen-bond acceptors (Lipinski definition) is 4. The first kappa shape index (κ1) is 10.8. The Labute approximate surface area is 82.9 Å². The predicted octanol–water partition coefficient (Wildman–Crippen LogP) is 0.937. The van der Waals surface area contributed by atoms with Crippen molar-refractivity contribution >= 4 is 0 Å². The van der Waals surface area contributed by atoms with Gasteiger partial charge in [0.25, 0.3) is 0 Å². The minimum Gasteiger partial charge on any atom is -0.492 e. The van der Waals surface area contributed by atoms with Crippen LogP contribution in [0.1, 0.15) is 12.7 Å². The molecule has 78 valence electrons. The highest BCUT2D eigenvalue weighted by molar-refractivity contribution is 5.19. The normalized spacial score (nSPS) is 10.1. The van der Waals surface area contributed by atoms with E-state index in [9.17, 15) is 4.79 Å². The van der Waals surface area contributed by atoms with E-state index in [1.165, 1.54) is 6.07 Å². The van der Waals surface area contributed by atoms with Crippen molar-refractivity contribution < 1.29 is 9.15 Å². The van der Waals surface area contributed by atoms with Crippen molar-refractivity contribution in [1.82, 2.24) is 5.32 Å². The lowest BCUT2D eigenvalue weighted by atomic mass is 10.4. The molecule has 0 aliphatic rings. The van der Waals surface area contributed by atoms with E-state index >= 15 is 0 Å². The molecule has 0 aromatic carbocycles. The van der Waals surface area contributed by atoms with E-state index in [-0.39, 0.29) is 5.63 Å². The smallest absolute Gasteiger partial charge is 0.339 e. The molecule has 0 amide bonds. The second-order valence-electron chi connectivity index (χ2n) is 2.92. The summed E-state index contributed by atoms with van der Waals surface area (Å²) in [5, 5.41) is 3.12. The molecular formula is C10H15NO3. The van der Waals surface area contributed by atoms with Crippen LogP contribution in [0, 0.1) is 6.92 Å². The molecule has 14 heavy (non-hydrogen) atoms. The Morgan fingerprint density at radius 1 is 1.50 bits per heavy atom. The molecule has 1 N–H and O–H groups in total. The van der Waals surface area contributed by atoms with Gasteiger partial charge >= 0.3 is 5.63 Å². The van der Waals surface area contributed by atoms with E-state index < -0.39 is 0 Å². The van der Waals surface area contributed by atoms with E-state index in [0.717, 1.165) is 13.1 Å². The third-order valence-corrected chi connectivity index (χ3v) is 1.66. The first-order valence-electron chi connectivity index (χ1n) is 4.67. The van der Waals surface area contributed by atoms with Gasteiger partial charge in [-0.1, -0.05) is 6.92 Å². The molecule has 4 heteroatoms. The van der Waals surface area contributed by atoms with Gasteiger partial charge in [0.15, 0.2) is 0 Å². The fourth-order valence-corrected chi connectivity index (χ4v) is 1.08. The first-order chi connectivity index (χ1) is 6.72. The lowest BCUT2D eigenvalue weighted by Gasteiger charge is -2.05. The van der Waals surface area contributed by atoms with Crippen LogP contribution in [0.5, 0.6) is 5.75 Å². The fraction of sp³-hybridized carbons (Fsp3) is 0.500. The summed E-state index contributed by atoms with van der Waals surface area (Å²) in [6.07, 6.45) is 0. The average Bonchev–Trinajstić information content (AvgIpc) is 2.11. The van der Waals surface area contributed by atoms with Crippen LogP contribution in [0.2, 0.25) is 0 Å². The van der Waals surface area contributed by atoms with Gasteiger partial charge in [0.1, 0.15) is 18.1 Å². The summed E-state index contributed by atoms with van der Waals surface area (Å²) in [4.78, 5) is 10.9. The third-order valence-electron chi connectivity index (χ3n) is 1.66. The summed E-state index contributed by atoms with van der Waals surface area (Å²) in [6, 6.07) is 3.05. The zero-order valence-corrected chi connectivity index (χ0v) is 8.50. The average molecular weight is 197 g/mol. The lowest BCUT2D eigenvalue weighted by Crippen LogP contribution is -2.20. The van der Waals surface area contributed by atoms with Crippen LogP contribution < -0.4 is 15.7 Å². The van der Waals surface area contributed by atoms with Crippen LogP contribution in [-0.4, -0.2) is 19.7 Å². The molecule has 0 radical (unpaired) electrons. The molecule has 0 bridgehead atoms. The molecule has 0 fully saturated rings.